The van der Waals surface area contributed by atoms with Crippen LogP contribution in [-0.4, -0.2) is 15.3 Å². The lowest BCUT2D eigenvalue weighted by Gasteiger charge is -2.12. The molecule has 4 heteroatoms. The highest BCUT2D eigenvalue weighted by Gasteiger charge is 2.12. The molecule has 3 aromatic rings. The van der Waals surface area contributed by atoms with E-state index >= 15 is 0 Å². The molecule has 0 atom stereocenters. The SMILES string of the molecule is C#CCSc1nc2ccccc2c(=O)n1-c1ccc(CC)cc1. The van der Waals surface area contributed by atoms with Crippen LogP contribution in [-0.2, 0) is 6.42 Å². The summed E-state index contributed by atoms with van der Waals surface area (Å²) in [6, 6.07) is 15.4. The molecular formula is C19H16N2OS. The second kappa shape index (κ2) is 6.72. The van der Waals surface area contributed by atoms with Crippen molar-refractivity contribution in [2.75, 3.05) is 5.75 Å². The van der Waals surface area contributed by atoms with E-state index in [9.17, 15) is 4.79 Å². The molecule has 0 bridgehead atoms. The Bertz CT molecular complexity index is 936. The first kappa shape index (κ1) is 15.4. The molecule has 0 saturated carbocycles. The molecule has 0 aliphatic carbocycles. The maximum Gasteiger partial charge on any atom is 0.266 e. The molecule has 1 heterocycles. The average Bonchev–Trinajstić information content (AvgIpc) is 2.60. The van der Waals surface area contributed by atoms with Gasteiger partial charge in [-0.05, 0) is 36.2 Å². The number of hydrogen-bond acceptors (Lipinski definition) is 3. The lowest BCUT2D eigenvalue weighted by Crippen LogP contribution is -2.21. The van der Waals surface area contributed by atoms with Crippen LogP contribution in [0.25, 0.3) is 16.6 Å². The molecule has 3 nitrogen and oxygen atoms in total. The van der Waals surface area contributed by atoms with Crippen molar-refractivity contribution in [3.63, 3.8) is 0 Å². The van der Waals surface area contributed by atoms with E-state index in [1.165, 1.54) is 17.3 Å². The number of thioether (sulfide) groups is 1. The van der Waals surface area contributed by atoms with Crippen LogP contribution in [0, 0.1) is 12.3 Å². The van der Waals surface area contributed by atoms with Crippen LogP contribution in [0.15, 0.2) is 58.5 Å². The van der Waals surface area contributed by atoms with Crippen molar-refractivity contribution in [3.05, 3.63) is 64.4 Å². The van der Waals surface area contributed by atoms with Gasteiger partial charge in [0.05, 0.1) is 22.3 Å². The zero-order valence-corrected chi connectivity index (χ0v) is 13.6. The van der Waals surface area contributed by atoms with E-state index in [1.54, 1.807) is 10.6 Å². The Labute approximate surface area is 139 Å². The van der Waals surface area contributed by atoms with Gasteiger partial charge >= 0.3 is 0 Å². The Balaban J connectivity index is 2.25. The molecule has 0 spiro atoms. The topological polar surface area (TPSA) is 34.9 Å². The predicted octanol–water partition coefficient (Wildman–Crippen LogP) is 3.67. The highest BCUT2D eigenvalue weighted by atomic mass is 32.2. The average molecular weight is 320 g/mol. The second-order valence-corrected chi connectivity index (χ2v) is 6.01. The van der Waals surface area contributed by atoms with E-state index in [-0.39, 0.29) is 5.56 Å². The summed E-state index contributed by atoms with van der Waals surface area (Å²) in [6.45, 7) is 2.10. The number of nitrogens with zero attached hydrogens (tertiary/aromatic N) is 2. The third-order valence-corrected chi connectivity index (χ3v) is 4.48. The van der Waals surface area contributed by atoms with Gasteiger partial charge in [0.15, 0.2) is 5.16 Å². The molecule has 0 fully saturated rings. The minimum absolute atomic E-state index is 0.0700. The first-order chi connectivity index (χ1) is 11.2. The molecule has 114 valence electrons. The molecule has 0 aliphatic heterocycles. The third kappa shape index (κ3) is 3.01. The van der Waals surface area contributed by atoms with Crippen LogP contribution in [0.4, 0.5) is 0 Å². The Hall–Kier alpha value is -2.51. The summed E-state index contributed by atoms with van der Waals surface area (Å²) in [4.78, 5) is 17.5. The Morgan fingerprint density at radius 2 is 1.91 bits per heavy atom. The van der Waals surface area contributed by atoms with Crippen LogP contribution in [0.5, 0.6) is 0 Å². The molecule has 0 unspecified atom stereocenters. The van der Waals surface area contributed by atoms with E-state index in [0.29, 0.717) is 21.8 Å². The number of terminal acetylenes is 1. The van der Waals surface area contributed by atoms with E-state index in [2.05, 4.69) is 17.8 Å². The van der Waals surface area contributed by atoms with Gasteiger partial charge in [-0.15, -0.1) is 6.42 Å². The van der Waals surface area contributed by atoms with Crippen molar-refractivity contribution in [2.24, 2.45) is 0 Å². The minimum atomic E-state index is -0.0700. The standard InChI is InChI=1S/C19H16N2OS/c1-3-13-23-19-20-17-8-6-5-7-16(17)18(22)21(19)15-11-9-14(4-2)10-12-15/h1,5-12H,4,13H2,2H3. The third-order valence-electron chi connectivity index (χ3n) is 3.63. The fourth-order valence-corrected chi connectivity index (χ4v) is 3.12. The highest BCUT2D eigenvalue weighted by Crippen LogP contribution is 2.21. The van der Waals surface area contributed by atoms with Gasteiger partial charge in [-0.3, -0.25) is 9.36 Å². The number of fused-ring (bicyclic) bond motifs is 1. The van der Waals surface area contributed by atoms with Crippen LogP contribution in [0.1, 0.15) is 12.5 Å². The quantitative estimate of drug-likeness (QED) is 0.418. The molecule has 0 N–H and O–H groups in total. The summed E-state index contributed by atoms with van der Waals surface area (Å²) in [7, 11) is 0. The van der Waals surface area contributed by atoms with Gasteiger partial charge in [0, 0.05) is 0 Å². The molecule has 1 aromatic heterocycles. The van der Waals surface area contributed by atoms with Crippen molar-refractivity contribution in [2.45, 2.75) is 18.5 Å². The van der Waals surface area contributed by atoms with E-state index in [4.69, 9.17) is 6.42 Å². The summed E-state index contributed by atoms with van der Waals surface area (Å²) in [5, 5.41) is 1.23. The minimum Gasteiger partial charge on any atom is -0.268 e. The first-order valence-electron chi connectivity index (χ1n) is 7.42. The number of hydrogen-bond donors (Lipinski definition) is 0. The maximum absolute atomic E-state index is 12.9. The van der Waals surface area contributed by atoms with Crippen molar-refractivity contribution < 1.29 is 0 Å². The molecule has 0 aliphatic rings. The van der Waals surface area contributed by atoms with Gasteiger partial charge in [-0.25, -0.2) is 4.98 Å². The normalized spacial score (nSPS) is 10.6. The summed E-state index contributed by atoms with van der Waals surface area (Å²) < 4.78 is 1.64. The number of rotatable bonds is 4. The van der Waals surface area contributed by atoms with Gasteiger partial charge in [-0.1, -0.05) is 48.9 Å². The van der Waals surface area contributed by atoms with Gasteiger partial charge in [0.1, 0.15) is 0 Å². The first-order valence-corrected chi connectivity index (χ1v) is 8.40. The Morgan fingerprint density at radius 3 is 2.61 bits per heavy atom. The molecule has 0 saturated heterocycles. The zero-order valence-electron chi connectivity index (χ0n) is 12.8. The van der Waals surface area contributed by atoms with Crippen molar-refractivity contribution in [1.82, 2.24) is 9.55 Å². The fraction of sp³-hybridized carbons (Fsp3) is 0.158. The van der Waals surface area contributed by atoms with Crippen LogP contribution < -0.4 is 5.56 Å². The van der Waals surface area contributed by atoms with E-state index < -0.39 is 0 Å². The smallest absolute Gasteiger partial charge is 0.266 e. The molecule has 3 rings (SSSR count). The molecular weight excluding hydrogens is 304 g/mol. The second-order valence-electron chi connectivity index (χ2n) is 5.06. The van der Waals surface area contributed by atoms with Crippen LogP contribution in [0.2, 0.25) is 0 Å². The number of para-hydroxylation sites is 1. The number of benzene rings is 2. The van der Waals surface area contributed by atoms with E-state index in [0.717, 1.165) is 12.1 Å². The summed E-state index contributed by atoms with van der Waals surface area (Å²) in [5.74, 6) is 3.06. The van der Waals surface area contributed by atoms with E-state index in [1.807, 2.05) is 42.5 Å². The van der Waals surface area contributed by atoms with Crippen molar-refractivity contribution in [1.29, 1.82) is 0 Å². The molecule has 23 heavy (non-hydrogen) atoms. The van der Waals surface area contributed by atoms with Gasteiger partial charge in [0.25, 0.3) is 5.56 Å². The van der Waals surface area contributed by atoms with Crippen molar-refractivity contribution >= 4 is 22.7 Å². The van der Waals surface area contributed by atoms with Crippen LogP contribution in [0.3, 0.4) is 0 Å². The molecule has 0 amide bonds. The van der Waals surface area contributed by atoms with Crippen molar-refractivity contribution in [3.8, 4) is 18.0 Å². The zero-order chi connectivity index (χ0) is 16.2. The predicted molar refractivity (Wildman–Crippen MR) is 96.3 cm³/mol. The molecule has 2 aromatic carbocycles. The summed E-state index contributed by atoms with van der Waals surface area (Å²) in [6.07, 6.45) is 6.33. The summed E-state index contributed by atoms with van der Waals surface area (Å²) in [5.41, 5.74) is 2.66. The number of aryl methyl sites for hydroxylation is 1. The van der Waals surface area contributed by atoms with Gasteiger partial charge in [-0.2, -0.15) is 0 Å². The Morgan fingerprint density at radius 1 is 1.17 bits per heavy atom. The maximum atomic E-state index is 12.9. The lowest BCUT2D eigenvalue weighted by atomic mass is 10.1. The largest absolute Gasteiger partial charge is 0.268 e. The highest BCUT2D eigenvalue weighted by molar-refractivity contribution is 7.99. The number of aromatic nitrogens is 2. The summed E-state index contributed by atoms with van der Waals surface area (Å²) >= 11 is 1.40. The fourth-order valence-electron chi connectivity index (χ4n) is 2.42. The van der Waals surface area contributed by atoms with Gasteiger partial charge in [0.2, 0.25) is 0 Å². The molecule has 0 radical (unpaired) electrons. The monoisotopic (exact) mass is 320 g/mol. The van der Waals surface area contributed by atoms with Crippen LogP contribution >= 0.6 is 11.8 Å². The Kier molecular flexibility index (Phi) is 4.50. The lowest BCUT2D eigenvalue weighted by molar-refractivity contribution is 0.820. The van der Waals surface area contributed by atoms with Gasteiger partial charge < -0.3 is 0 Å².